The van der Waals surface area contributed by atoms with E-state index in [9.17, 15) is 19.5 Å². The molecule has 1 saturated heterocycles. The molecule has 0 saturated carbocycles. The number of nitrogens with zero attached hydrogens (tertiary/aromatic N) is 4. The number of carboxylic acid groups (broad SMARTS) is 1. The van der Waals surface area contributed by atoms with E-state index >= 15 is 0 Å². The van der Waals surface area contributed by atoms with E-state index in [1.165, 1.54) is 9.96 Å². The molecule has 2 aliphatic rings. The Hall–Kier alpha value is -4.05. The lowest BCUT2D eigenvalue weighted by molar-refractivity contribution is -0.180. The van der Waals surface area contributed by atoms with Crippen LogP contribution in [0.2, 0.25) is 0 Å². The number of hydroxylamine groups is 2. The number of hydrogen-bond acceptors (Lipinski definition) is 7. The number of amidine groups is 1. The molecule has 4 rings (SSSR count). The Morgan fingerprint density at radius 2 is 1.97 bits per heavy atom. The molecule has 0 unspecified atom stereocenters. The summed E-state index contributed by atoms with van der Waals surface area (Å²) in [6.07, 6.45) is 5.45. The maximum Gasteiger partial charge on any atom is 0.326 e. The third-order valence-electron chi connectivity index (χ3n) is 6.32. The third-order valence-corrected chi connectivity index (χ3v) is 6.32. The van der Waals surface area contributed by atoms with Crippen molar-refractivity contribution in [1.29, 1.82) is 0 Å². The first kappa shape index (κ1) is 26.0. The Balaban J connectivity index is 1.57. The number of carboxylic acids is 1. The van der Waals surface area contributed by atoms with Crippen LogP contribution in [0.5, 0.6) is 0 Å². The zero-order valence-corrected chi connectivity index (χ0v) is 21.0. The molecule has 37 heavy (non-hydrogen) atoms. The Morgan fingerprint density at radius 3 is 2.65 bits per heavy atom. The van der Waals surface area contributed by atoms with Crippen LogP contribution in [0, 0.1) is 0 Å². The highest BCUT2D eigenvalue weighted by Crippen LogP contribution is 2.32. The molecule has 10 heteroatoms. The fourth-order valence-corrected chi connectivity index (χ4v) is 4.56. The summed E-state index contributed by atoms with van der Waals surface area (Å²) in [7, 11) is 0. The summed E-state index contributed by atoms with van der Waals surface area (Å²) in [5, 5.41) is 10.7. The van der Waals surface area contributed by atoms with E-state index in [1.807, 2.05) is 32.0 Å². The number of fused-ring (bicyclic) bond motifs is 1. The van der Waals surface area contributed by atoms with Gasteiger partial charge in [-0.15, -0.1) is 0 Å². The summed E-state index contributed by atoms with van der Waals surface area (Å²) in [5.41, 5.74) is 9.82. The van der Waals surface area contributed by atoms with Crippen molar-refractivity contribution in [3.05, 3.63) is 53.4 Å². The van der Waals surface area contributed by atoms with E-state index in [0.717, 1.165) is 23.1 Å². The molecule has 1 aromatic carbocycles. The van der Waals surface area contributed by atoms with Gasteiger partial charge in [0, 0.05) is 42.4 Å². The number of nitrogens with two attached hydrogens (primary N) is 1. The van der Waals surface area contributed by atoms with Crippen molar-refractivity contribution in [1.82, 2.24) is 14.9 Å². The first-order valence-corrected chi connectivity index (χ1v) is 12.4. The molecular formula is C27H31N5O5. The number of rotatable bonds is 8. The lowest BCUT2D eigenvalue weighted by atomic mass is 10.0. The fraction of sp³-hybridized carbons (Fsp3) is 0.370. The summed E-state index contributed by atoms with van der Waals surface area (Å²) in [6.45, 7) is 5.08. The van der Waals surface area contributed by atoms with E-state index in [1.54, 1.807) is 24.4 Å². The monoisotopic (exact) mass is 505 g/mol. The number of aromatic nitrogens is 1. The Bertz CT molecular complexity index is 1250. The minimum Gasteiger partial charge on any atom is -0.480 e. The first-order valence-electron chi connectivity index (χ1n) is 12.4. The summed E-state index contributed by atoms with van der Waals surface area (Å²) >= 11 is 0. The van der Waals surface area contributed by atoms with Gasteiger partial charge >= 0.3 is 5.97 Å². The fourth-order valence-electron chi connectivity index (χ4n) is 4.56. The Morgan fingerprint density at radius 1 is 1.19 bits per heavy atom. The molecule has 2 aromatic rings. The van der Waals surface area contributed by atoms with Crippen LogP contribution in [-0.2, 0) is 14.4 Å². The van der Waals surface area contributed by atoms with E-state index in [4.69, 9.17) is 10.6 Å². The van der Waals surface area contributed by atoms with E-state index < -0.39 is 12.0 Å². The minimum atomic E-state index is -0.998. The van der Waals surface area contributed by atoms with Crippen LogP contribution in [0.25, 0.3) is 17.2 Å². The summed E-state index contributed by atoms with van der Waals surface area (Å²) in [5.74, 6) is -1.29. The molecule has 3 N–H and O–H groups in total. The maximum atomic E-state index is 13.1. The van der Waals surface area contributed by atoms with Crippen molar-refractivity contribution in [2.75, 3.05) is 19.7 Å². The van der Waals surface area contributed by atoms with Gasteiger partial charge in [-0.1, -0.05) is 25.1 Å². The Kier molecular flexibility index (Phi) is 7.98. The standard InChI is InChI=1S/C27H31N5O5/c1-3-11-32(37-4-2)25(33)20-13-18-8-7-17(14-22(18)30-24(28)15-20)19-9-10-21(29-16-19)26(34)31-12-5-6-23(31)27(35)36/h7-10,13-14,16,23H,3-6,11-12,15H2,1-2H3,(H2,28,30)(H,35,36)/t23-/m1/s1. The number of aliphatic imine (C=N–C) groups is 1. The average Bonchev–Trinajstić information content (AvgIpc) is 3.32. The van der Waals surface area contributed by atoms with Gasteiger partial charge in [-0.3, -0.25) is 19.4 Å². The highest BCUT2D eigenvalue weighted by atomic mass is 16.7. The van der Waals surface area contributed by atoms with Crippen molar-refractivity contribution in [2.45, 2.75) is 45.6 Å². The second-order valence-corrected chi connectivity index (χ2v) is 8.98. The molecular weight excluding hydrogens is 474 g/mol. The summed E-state index contributed by atoms with van der Waals surface area (Å²) < 4.78 is 0. The van der Waals surface area contributed by atoms with Crippen molar-refractivity contribution >= 4 is 35.4 Å². The lowest BCUT2D eigenvalue weighted by Crippen LogP contribution is -2.40. The van der Waals surface area contributed by atoms with Crippen LogP contribution >= 0.6 is 0 Å². The van der Waals surface area contributed by atoms with Crippen LogP contribution in [0.4, 0.5) is 5.69 Å². The molecule has 3 heterocycles. The molecule has 0 aliphatic carbocycles. The largest absolute Gasteiger partial charge is 0.480 e. The molecule has 194 valence electrons. The van der Waals surface area contributed by atoms with Crippen molar-refractivity contribution in [2.24, 2.45) is 10.7 Å². The zero-order valence-electron chi connectivity index (χ0n) is 21.0. The van der Waals surface area contributed by atoms with Gasteiger partial charge in [0.05, 0.1) is 12.3 Å². The predicted molar refractivity (Wildman–Crippen MR) is 139 cm³/mol. The number of carbonyl (C=O) groups excluding carboxylic acids is 2. The summed E-state index contributed by atoms with van der Waals surface area (Å²) in [4.78, 5) is 53.0. The highest BCUT2D eigenvalue weighted by molar-refractivity contribution is 6.05. The number of benzene rings is 1. The van der Waals surface area contributed by atoms with E-state index in [0.29, 0.717) is 49.6 Å². The van der Waals surface area contributed by atoms with Crippen LogP contribution < -0.4 is 5.73 Å². The molecule has 10 nitrogen and oxygen atoms in total. The molecule has 0 bridgehead atoms. The van der Waals surface area contributed by atoms with E-state index in [-0.39, 0.29) is 23.9 Å². The molecule has 2 amide bonds. The van der Waals surface area contributed by atoms with Gasteiger partial charge in [-0.2, -0.15) is 0 Å². The van der Waals surface area contributed by atoms with Crippen molar-refractivity contribution in [3.63, 3.8) is 0 Å². The normalized spacial score (nSPS) is 16.9. The minimum absolute atomic E-state index is 0.200. The van der Waals surface area contributed by atoms with Crippen LogP contribution in [-0.4, -0.2) is 69.4 Å². The van der Waals surface area contributed by atoms with Gasteiger partial charge in [0.25, 0.3) is 11.8 Å². The predicted octanol–water partition coefficient (Wildman–Crippen LogP) is 3.40. The SMILES string of the molecule is CCCN(OCC)C(=O)C1=Cc2ccc(-c3ccc(C(=O)N4CCC[C@@H]4C(=O)O)nc3)cc2N=C(N)C1. The molecule has 1 atom stereocenters. The quantitative estimate of drug-likeness (QED) is 0.524. The Labute approximate surface area is 215 Å². The zero-order chi connectivity index (χ0) is 26.5. The van der Waals surface area contributed by atoms with Gasteiger partial charge in [0.1, 0.15) is 17.6 Å². The number of likely N-dealkylation sites (tertiary alicyclic amines) is 1. The maximum absolute atomic E-state index is 13.1. The van der Waals surface area contributed by atoms with Crippen molar-refractivity contribution in [3.8, 4) is 11.1 Å². The van der Waals surface area contributed by atoms with Crippen LogP contribution in [0.1, 0.15) is 55.6 Å². The topological polar surface area (TPSA) is 138 Å². The van der Waals surface area contributed by atoms with Gasteiger partial charge < -0.3 is 15.7 Å². The molecule has 1 fully saturated rings. The number of pyridine rings is 1. The molecule has 0 radical (unpaired) electrons. The summed E-state index contributed by atoms with van der Waals surface area (Å²) in [6, 6.07) is 8.18. The molecule has 2 aliphatic heterocycles. The van der Waals surface area contributed by atoms with Gasteiger partial charge in [-0.05, 0) is 50.0 Å². The van der Waals surface area contributed by atoms with Crippen LogP contribution in [0.3, 0.4) is 0 Å². The van der Waals surface area contributed by atoms with Gasteiger partial charge in [0.2, 0.25) is 0 Å². The second kappa shape index (κ2) is 11.3. The van der Waals surface area contributed by atoms with Gasteiger partial charge in [0.15, 0.2) is 0 Å². The van der Waals surface area contributed by atoms with Crippen molar-refractivity contribution < 1.29 is 24.3 Å². The van der Waals surface area contributed by atoms with Gasteiger partial charge in [-0.25, -0.2) is 14.9 Å². The average molecular weight is 506 g/mol. The molecule has 0 spiro atoms. The second-order valence-electron chi connectivity index (χ2n) is 8.98. The van der Waals surface area contributed by atoms with E-state index in [2.05, 4.69) is 9.98 Å². The highest BCUT2D eigenvalue weighted by Gasteiger charge is 2.34. The number of carbonyl (C=O) groups is 3. The third kappa shape index (κ3) is 5.69. The number of aliphatic carboxylic acids is 1. The molecule has 1 aromatic heterocycles. The smallest absolute Gasteiger partial charge is 0.326 e. The number of hydrogen-bond donors (Lipinski definition) is 2. The number of amides is 2. The first-order chi connectivity index (χ1) is 17.8. The van der Waals surface area contributed by atoms with Crippen LogP contribution in [0.15, 0.2) is 47.1 Å². The lowest BCUT2D eigenvalue weighted by Gasteiger charge is -2.21.